The third-order valence-electron chi connectivity index (χ3n) is 5.47. The van der Waals surface area contributed by atoms with Crippen molar-refractivity contribution in [1.82, 2.24) is 5.32 Å². The van der Waals surface area contributed by atoms with Gasteiger partial charge in [-0.2, -0.15) is 0 Å². The van der Waals surface area contributed by atoms with Crippen LogP contribution in [0.2, 0.25) is 0 Å². The number of fused-ring (bicyclic) bond motifs is 2. The van der Waals surface area contributed by atoms with E-state index < -0.39 is 9.84 Å². The number of ether oxygens (including phenoxy) is 1. The Hall–Kier alpha value is -1.60. The Balaban J connectivity index is 1.68. The molecule has 0 radical (unpaired) electrons. The average Bonchev–Trinajstić information content (AvgIpc) is 3.23. The topological polar surface area (TPSA) is 71.0 Å². The Morgan fingerprint density at radius 1 is 1.26 bits per heavy atom. The lowest BCUT2D eigenvalue weighted by Crippen LogP contribution is -2.43. The molecule has 2 aliphatic rings. The molecule has 0 saturated heterocycles. The molecule has 1 aromatic carbocycles. The van der Waals surface area contributed by atoms with Crippen LogP contribution in [0, 0.1) is 0 Å². The third-order valence-corrected chi connectivity index (χ3v) is 6.38. The van der Waals surface area contributed by atoms with Crippen molar-refractivity contribution in [1.29, 1.82) is 0 Å². The molecule has 150 valence electrons. The van der Waals surface area contributed by atoms with Crippen molar-refractivity contribution < 1.29 is 13.2 Å². The number of hydrogen-bond donors (Lipinski definition) is 1. The van der Waals surface area contributed by atoms with Crippen molar-refractivity contribution in [2.45, 2.75) is 38.0 Å². The van der Waals surface area contributed by atoms with Gasteiger partial charge in [-0.1, -0.05) is 31.0 Å². The molecule has 1 saturated carbocycles. The van der Waals surface area contributed by atoms with Gasteiger partial charge in [0.25, 0.3) is 0 Å². The molecule has 0 amide bonds. The van der Waals surface area contributed by atoms with Crippen molar-refractivity contribution in [3.63, 3.8) is 0 Å². The van der Waals surface area contributed by atoms with E-state index in [1.807, 2.05) is 0 Å². The van der Waals surface area contributed by atoms with E-state index in [2.05, 4.69) is 41.4 Å². The Labute approximate surface area is 162 Å². The minimum atomic E-state index is -2.98. The van der Waals surface area contributed by atoms with Crippen LogP contribution in [0.3, 0.4) is 0 Å². The zero-order valence-electron chi connectivity index (χ0n) is 16.4. The highest BCUT2D eigenvalue weighted by Crippen LogP contribution is 2.50. The molecule has 0 atom stereocenters. The highest BCUT2D eigenvalue weighted by atomic mass is 32.2. The minimum Gasteiger partial charge on any atom is -0.378 e. The van der Waals surface area contributed by atoms with Crippen LogP contribution in [0.4, 0.5) is 5.69 Å². The van der Waals surface area contributed by atoms with E-state index in [-0.39, 0.29) is 17.8 Å². The van der Waals surface area contributed by atoms with E-state index in [1.165, 1.54) is 43.2 Å². The second kappa shape index (κ2) is 8.61. The van der Waals surface area contributed by atoms with Crippen LogP contribution >= 0.6 is 0 Å². The summed E-state index contributed by atoms with van der Waals surface area (Å²) in [6, 6.07) is 8.70. The molecule has 1 heterocycles. The monoisotopic (exact) mass is 393 g/mol. The summed E-state index contributed by atoms with van der Waals surface area (Å²) in [6.07, 6.45) is 6.30. The highest BCUT2D eigenvalue weighted by Gasteiger charge is 2.45. The molecule has 27 heavy (non-hydrogen) atoms. The van der Waals surface area contributed by atoms with Gasteiger partial charge in [0.15, 0.2) is 5.96 Å². The Morgan fingerprint density at radius 2 is 2.00 bits per heavy atom. The molecule has 1 aliphatic heterocycles. The summed E-state index contributed by atoms with van der Waals surface area (Å²) in [5, 5.41) is 3.41. The van der Waals surface area contributed by atoms with Gasteiger partial charge >= 0.3 is 0 Å². The maximum atomic E-state index is 11.1. The minimum absolute atomic E-state index is 0.0544. The van der Waals surface area contributed by atoms with Crippen molar-refractivity contribution in [3.05, 3.63) is 29.8 Å². The second-order valence-corrected chi connectivity index (χ2v) is 9.83. The largest absolute Gasteiger partial charge is 0.378 e. The first-order chi connectivity index (χ1) is 13.0. The molecule has 1 fully saturated rings. The number of para-hydroxylation sites is 1. The quantitative estimate of drug-likeness (QED) is 0.437. The number of hydrogen-bond acceptors (Lipinski definition) is 4. The lowest BCUT2D eigenvalue weighted by atomic mass is 9.81. The van der Waals surface area contributed by atoms with E-state index in [0.717, 1.165) is 19.0 Å². The molecule has 0 aromatic heterocycles. The lowest BCUT2D eigenvalue weighted by Gasteiger charge is -2.26. The van der Waals surface area contributed by atoms with Gasteiger partial charge in [0, 0.05) is 30.4 Å². The molecule has 1 aliphatic carbocycles. The maximum Gasteiger partial charge on any atom is 0.198 e. The predicted octanol–water partition coefficient (Wildman–Crippen LogP) is 2.35. The first-order valence-corrected chi connectivity index (χ1v) is 11.9. The molecule has 1 N–H and O–H groups in total. The molecule has 1 spiro atoms. The van der Waals surface area contributed by atoms with Crippen LogP contribution in [0.15, 0.2) is 29.3 Å². The van der Waals surface area contributed by atoms with Crippen LogP contribution in [-0.2, 0) is 20.0 Å². The normalized spacial score (nSPS) is 18.9. The van der Waals surface area contributed by atoms with Gasteiger partial charge in [-0.15, -0.1) is 0 Å². The van der Waals surface area contributed by atoms with Gasteiger partial charge in [-0.25, -0.2) is 8.42 Å². The SMILES string of the molecule is CCNC(=NCCOCCS(C)(=O)=O)N1CC2(CCCC2)c2ccccc21. The molecule has 7 heteroatoms. The van der Waals surface area contributed by atoms with Crippen LogP contribution in [0.1, 0.15) is 38.2 Å². The predicted molar refractivity (Wildman–Crippen MR) is 110 cm³/mol. The average molecular weight is 394 g/mol. The third kappa shape index (κ3) is 4.82. The lowest BCUT2D eigenvalue weighted by molar-refractivity contribution is 0.157. The van der Waals surface area contributed by atoms with Crippen molar-refractivity contribution in [2.24, 2.45) is 4.99 Å². The number of sulfone groups is 1. The van der Waals surface area contributed by atoms with Gasteiger partial charge in [0.1, 0.15) is 9.84 Å². The summed E-state index contributed by atoms with van der Waals surface area (Å²) in [4.78, 5) is 7.06. The summed E-state index contributed by atoms with van der Waals surface area (Å²) < 4.78 is 27.7. The fourth-order valence-electron chi connectivity index (χ4n) is 4.22. The Morgan fingerprint density at radius 3 is 2.70 bits per heavy atom. The van der Waals surface area contributed by atoms with Crippen molar-refractivity contribution >= 4 is 21.5 Å². The van der Waals surface area contributed by atoms with Crippen LogP contribution < -0.4 is 10.2 Å². The van der Waals surface area contributed by atoms with Gasteiger partial charge < -0.3 is 15.0 Å². The Bertz CT molecular complexity index is 770. The first-order valence-electron chi connectivity index (χ1n) is 9.86. The standard InChI is InChI=1S/C20H31N3O3S/c1-3-21-19(22-12-13-26-14-15-27(2,24)25)23-16-20(10-6-7-11-20)17-8-4-5-9-18(17)23/h4-5,8-9H,3,6-7,10-16H2,1-2H3,(H,21,22). The number of rotatable bonds is 7. The zero-order valence-corrected chi connectivity index (χ0v) is 17.2. The van der Waals surface area contributed by atoms with E-state index in [1.54, 1.807) is 0 Å². The van der Waals surface area contributed by atoms with Crippen LogP contribution in [-0.4, -0.2) is 59.2 Å². The van der Waals surface area contributed by atoms with Crippen molar-refractivity contribution in [3.8, 4) is 0 Å². The Kier molecular flexibility index (Phi) is 6.42. The van der Waals surface area contributed by atoms with Gasteiger partial charge in [0.05, 0.1) is 25.5 Å². The first kappa shape index (κ1) is 20.1. The number of benzene rings is 1. The fraction of sp³-hybridized carbons (Fsp3) is 0.650. The van der Waals surface area contributed by atoms with Gasteiger partial charge in [0.2, 0.25) is 0 Å². The number of nitrogens with one attached hydrogen (secondary N) is 1. The van der Waals surface area contributed by atoms with Crippen LogP contribution in [0.5, 0.6) is 0 Å². The maximum absolute atomic E-state index is 11.1. The summed E-state index contributed by atoms with van der Waals surface area (Å²) in [6.45, 7) is 5.02. The number of anilines is 1. The van der Waals surface area contributed by atoms with E-state index in [0.29, 0.717) is 13.2 Å². The van der Waals surface area contributed by atoms with Crippen LogP contribution in [0.25, 0.3) is 0 Å². The molecule has 6 nitrogen and oxygen atoms in total. The smallest absolute Gasteiger partial charge is 0.198 e. The molecule has 0 unspecified atom stereocenters. The number of guanidine groups is 1. The summed E-state index contributed by atoms with van der Waals surface area (Å²) >= 11 is 0. The highest BCUT2D eigenvalue weighted by molar-refractivity contribution is 7.90. The summed E-state index contributed by atoms with van der Waals surface area (Å²) in [5.41, 5.74) is 2.98. The van der Waals surface area contributed by atoms with Gasteiger partial charge in [-0.3, -0.25) is 4.99 Å². The molecule has 1 aromatic rings. The van der Waals surface area contributed by atoms with E-state index in [9.17, 15) is 8.42 Å². The zero-order chi connectivity index (χ0) is 19.3. The van der Waals surface area contributed by atoms with E-state index in [4.69, 9.17) is 9.73 Å². The van der Waals surface area contributed by atoms with Crippen molar-refractivity contribution in [2.75, 3.05) is 49.8 Å². The summed E-state index contributed by atoms with van der Waals surface area (Å²) in [5.74, 6) is 0.944. The second-order valence-electron chi connectivity index (χ2n) is 7.57. The molecule has 0 bridgehead atoms. The van der Waals surface area contributed by atoms with Gasteiger partial charge in [-0.05, 0) is 31.4 Å². The summed E-state index contributed by atoms with van der Waals surface area (Å²) in [7, 11) is -2.98. The number of nitrogens with zero attached hydrogens (tertiary/aromatic N) is 2. The van der Waals surface area contributed by atoms with E-state index >= 15 is 0 Å². The fourth-order valence-corrected chi connectivity index (χ4v) is 4.64. The molecular weight excluding hydrogens is 362 g/mol. The number of aliphatic imine (C=N–C) groups is 1. The molecule has 3 rings (SSSR count). The molecular formula is C20H31N3O3S.